The molecular weight excluding hydrogens is 410 g/mol. The molecule has 0 aromatic heterocycles. The van der Waals surface area contributed by atoms with Gasteiger partial charge in [-0.25, -0.2) is 4.79 Å². The van der Waals surface area contributed by atoms with Crippen LogP contribution in [-0.4, -0.2) is 43.4 Å². The molecule has 3 N–H and O–H groups in total. The van der Waals surface area contributed by atoms with E-state index >= 15 is 0 Å². The first-order valence-electron chi connectivity index (χ1n) is 7.20. The maximum Gasteiger partial charge on any atom is 0.335 e. The molecule has 0 aliphatic heterocycles. The maximum absolute atomic E-state index is 12.6. The van der Waals surface area contributed by atoms with Crippen molar-refractivity contribution in [1.82, 2.24) is 0 Å². The van der Waals surface area contributed by atoms with Gasteiger partial charge >= 0.3 is 5.97 Å². The van der Waals surface area contributed by atoms with Crippen molar-refractivity contribution in [3.8, 4) is 23.0 Å². The maximum atomic E-state index is 12.6. The summed E-state index contributed by atoms with van der Waals surface area (Å²) < 4.78 is 16.1. The van der Waals surface area contributed by atoms with E-state index in [0.29, 0.717) is 10.2 Å². The van der Waals surface area contributed by atoms with Crippen molar-refractivity contribution in [2.45, 2.75) is 0 Å². The fraction of sp³-hybridized carbons (Fsp3) is 0.176. The first-order valence-corrected chi connectivity index (χ1v) is 7.99. The van der Waals surface area contributed by atoms with Crippen LogP contribution in [0.25, 0.3) is 0 Å². The predicted octanol–water partition coefficient (Wildman–Crippen LogP) is 3.13. The van der Waals surface area contributed by atoms with Crippen molar-refractivity contribution in [2.24, 2.45) is 0 Å². The van der Waals surface area contributed by atoms with Gasteiger partial charge in [0, 0.05) is 0 Å². The average Bonchev–Trinajstić information content (AvgIpc) is 2.62. The number of anilines is 1. The van der Waals surface area contributed by atoms with E-state index in [-0.39, 0.29) is 34.1 Å². The predicted molar refractivity (Wildman–Crippen MR) is 96.8 cm³/mol. The van der Waals surface area contributed by atoms with Gasteiger partial charge in [-0.3, -0.25) is 4.79 Å². The number of phenolic OH excluding ortho intramolecular Hbond substituents is 1. The topological polar surface area (TPSA) is 114 Å². The number of methoxy groups -OCH3 is 3. The summed E-state index contributed by atoms with van der Waals surface area (Å²) in [6, 6.07) is 5.05. The van der Waals surface area contributed by atoms with Crippen LogP contribution in [0.3, 0.4) is 0 Å². The van der Waals surface area contributed by atoms with Gasteiger partial charge in [-0.05, 0) is 40.2 Å². The van der Waals surface area contributed by atoms with E-state index < -0.39 is 11.9 Å². The first kappa shape index (κ1) is 19.4. The number of carboxylic acids is 1. The number of ether oxygens (including phenoxy) is 3. The molecule has 138 valence electrons. The normalized spacial score (nSPS) is 10.2. The van der Waals surface area contributed by atoms with E-state index in [1.165, 1.54) is 39.5 Å². The summed E-state index contributed by atoms with van der Waals surface area (Å²) >= 11 is 3.30. The van der Waals surface area contributed by atoms with Crippen molar-refractivity contribution in [2.75, 3.05) is 26.6 Å². The van der Waals surface area contributed by atoms with Crippen LogP contribution < -0.4 is 19.5 Å². The highest BCUT2D eigenvalue weighted by Gasteiger charge is 2.23. The summed E-state index contributed by atoms with van der Waals surface area (Å²) in [5, 5.41) is 21.4. The Bertz CT molecular complexity index is 867. The third-order valence-corrected chi connectivity index (χ3v) is 4.29. The lowest BCUT2D eigenvalue weighted by molar-refractivity contribution is 0.0696. The van der Waals surface area contributed by atoms with Gasteiger partial charge in [-0.1, -0.05) is 0 Å². The Hall–Kier alpha value is -2.94. The molecule has 2 aromatic carbocycles. The molecule has 0 fully saturated rings. The number of carbonyl (C=O) groups is 2. The fourth-order valence-corrected chi connectivity index (χ4v) is 2.88. The third kappa shape index (κ3) is 3.67. The quantitative estimate of drug-likeness (QED) is 0.608. The SMILES string of the molecule is COc1cc(C(=O)Nc2ccc(C(=O)O)cc2O)c(Br)c(OC)c1OC. The van der Waals surface area contributed by atoms with Crippen LogP contribution >= 0.6 is 15.9 Å². The van der Waals surface area contributed by atoms with E-state index in [0.717, 1.165) is 6.07 Å². The third-order valence-electron chi connectivity index (χ3n) is 3.51. The van der Waals surface area contributed by atoms with E-state index in [2.05, 4.69) is 21.2 Å². The van der Waals surface area contributed by atoms with Crippen LogP contribution in [0, 0.1) is 0 Å². The lowest BCUT2D eigenvalue weighted by Crippen LogP contribution is -2.14. The number of carboxylic acid groups (broad SMARTS) is 1. The Kier molecular flexibility index (Phi) is 5.93. The zero-order valence-corrected chi connectivity index (χ0v) is 15.7. The number of phenols is 1. The number of hydrogen-bond acceptors (Lipinski definition) is 6. The summed E-state index contributed by atoms with van der Waals surface area (Å²) in [4.78, 5) is 23.5. The Balaban J connectivity index is 2.43. The Morgan fingerprint density at radius 3 is 2.19 bits per heavy atom. The minimum absolute atomic E-state index is 0.0562. The monoisotopic (exact) mass is 425 g/mol. The molecule has 26 heavy (non-hydrogen) atoms. The van der Waals surface area contributed by atoms with Crippen LogP contribution in [0.15, 0.2) is 28.7 Å². The smallest absolute Gasteiger partial charge is 0.335 e. The van der Waals surface area contributed by atoms with Crippen LogP contribution in [0.2, 0.25) is 0 Å². The number of rotatable bonds is 6. The molecule has 0 saturated carbocycles. The zero-order valence-electron chi connectivity index (χ0n) is 14.1. The Labute approximate surface area is 157 Å². The molecular formula is C17H16BrNO7. The number of aromatic hydroxyl groups is 1. The van der Waals surface area contributed by atoms with Crippen LogP contribution in [0.4, 0.5) is 5.69 Å². The molecule has 0 spiro atoms. The van der Waals surface area contributed by atoms with E-state index in [9.17, 15) is 14.7 Å². The van der Waals surface area contributed by atoms with Gasteiger partial charge in [0.2, 0.25) is 5.75 Å². The van der Waals surface area contributed by atoms with Crippen LogP contribution in [0.1, 0.15) is 20.7 Å². The molecule has 0 atom stereocenters. The molecule has 0 bridgehead atoms. The van der Waals surface area contributed by atoms with Crippen molar-refractivity contribution < 1.29 is 34.0 Å². The second-order valence-corrected chi connectivity index (χ2v) is 5.79. The molecule has 0 saturated heterocycles. The van der Waals surface area contributed by atoms with Gasteiger partial charge in [-0.15, -0.1) is 0 Å². The van der Waals surface area contributed by atoms with Crippen molar-refractivity contribution >= 4 is 33.5 Å². The Morgan fingerprint density at radius 2 is 1.69 bits per heavy atom. The second-order valence-electron chi connectivity index (χ2n) is 5.00. The summed E-state index contributed by atoms with van der Waals surface area (Å²) in [5.74, 6) is -1.28. The zero-order chi connectivity index (χ0) is 19.4. The fourth-order valence-electron chi connectivity index (χ4n) is 2.25. The number of aromatic carboxylic acids is 1. The van der Waals surface area contributed by atoms with E-state index in [1.54, 1.807) is 0 Å². The van der Waals surface area contributed by atoms with Gasteiger partial charge in [0.05, 0.1) is 42.6 Å². The highest BCUT2D eigenvalue weighted by molar-refractivity contribution is 9.10. The highest BCUT2D eigenvalue weighted by atomic mass is 79.9. The molecule has 0 radical (unpaired) electrons. The number of carbonyl (C=O) groups excluding carboxylic acids is 1. The number of hydrogen-bond donors (Lipinski definition) is 3. The van der Waals surface area contributed by atoms with Gasteiger partial charge in [0.1, 0.15) is 5.75 Å². The van der Waals surface area contributed by atoms with Crippen molar-refractivity contribution in [3.05, 3.63) is 39.9 Å². The average molecular weight is 426 g/mol. The molecule has 1 amide bonds. The number of nitrogens with one attached hydrogen (secondary N) is 1. The van der Waals surface area contributed by atoms with Crippen LogP contribution in [0.5, 0.6) is 23.0 Å². The van der Waals surface area contributed by atoms with Gasteiger partial charge in [0.25, 0.3) is 5.91 Å². The summed E-state index contributed by atoms with van der Waals surface area (Å²) in [5.41, 5.74) is 0.122. The molecule has 2 aromatic rings. The first-order chi connectivity index (χ1) is 12.3. The minimum atomic E-state index is -1.19. The number of amides is 1. The largest absolute Gasteiger partial charge is 0.506 e. The second kappa shape index (κ2) is 7.96. The number of benzene rings is 2. The molecule has 9 heteroatoms. The van der Waals surface area contributed by atoms with Gasteiger partial charge < -0.3 is 29.7 Å². The van der Waals surface area contributed by atoms with Crippen LogP contribution in [-0.2, 0) is 0 Å². The van der Waals surface area contributed by atoms with E-state index in [4.69, 9.17) is 19.3 Å². The van der Waals surface area contributed by atoms with Gasteiger partial charge in [-0.2, -0.15) is 0 Å². The Morgan fingerprint density at radius 1 is 1.04 bits per heavy atom. The van der Waals surface area contributed by atoms with Crippen molar-refractivity contribution in [1.29, 1.82) is 0 Å². The van der Waals surface area contributed by atoms with Crippen molar-refractivity contribution in [3.63, 3.8) is 0 Å². The molecule has 0 heterocycles. The summed E-state index contributed by atoms with van der Waals surface area (Å²) in [7, 11) is 4.28. The molecule has 0 unspecified atom stereocenters. The molecule has 8 nitrogen and oxygen atoms in total. The standard InChI is InChI=1S/C17H16BrNO7/c1-24-12-7-9(13(18)15(26-3)14(12)25-2)16(21)19-10-5-4-8(17(22)23)6-11(10)20/h4-7,20H,1-3H3,(H,19,21)(H,22,23). The van der Waals surface area contributed by atoms with Gasteiger partial charge in [0.15, 0.2) is 11.5 Å². The lowest BCUT2D eigenvalue weighted by atomic mass is 10.1. The summed E-state index contributed by atoms with van der Waals surface area (Å²) in [6.07, 6.45) is 0. The number of halogens is 1. The molecule has 2 rings (SSSR count). The van der Waals surface area contributed by atoms with E-state index in [1.807, 2.05) is 0 Å². The summed E-state index contributed by atoms with van der Waals surface area (Å²) in [6.45, 7) is 0. The molecule has 0 aliphatic carbocycles. The molecule has 0 aliphatic rings. The lowest BCUT2D eigenvalue weighted by Gasteiger charge is -2.16. The highest BCUT2D eigenvalue weighted by Crippen LogP contribution is 2.45. The minimum Gasteiger partial charge on any atom is -0.506 e.